The van der Waals surface area contributed by atoms with Crippen LogP contribution >= 0.6 is 0 Å². The highest BCUT2D eigenvalue weighted by Gasteiger charge is 2.34. The molecule has 84 valence electrons. The molecule has 4 nitrogen and oxygen atoms in total. The molecule has 2 unspecified atom stereocenters. The molecule has 15 heavy (non-hydrogen) atoms. The maximum Gasteiger partial charge on any atom is 0.240 e. The first kappa shape index (κ1) is 11.7. The minimum absolute atomic E-state index is 0.135. The second kappa shape index (κ2) is 4.91. The molecule has 2 amide bonds. The van der Waals surface area contributed by atoms with Crippen LogP contribution in [0, 0.1) is 5.92 Å². The standard InChI is InChI=1S/C10H15FN2O2/c1-2-8(10(12)15)13-6-7(3-4-11)5-9(13)14/h3-4,7-8H,2,5-6H2,1H3,(H2,12,15)/b4-3-. The quantitative estimate of drug-likeness (QED) is 0.744. The van der Waals surface area contributed by atoms with Gasteiger partial charge in [-0.15, -0.1) is 0 Å². The van der Waals surface area contributed by atoms with Gasteiger partial charge >= 0.3 is 0 Å². The molecule has 1 heterocycles. The number of amides is 2. The zero-order chi connectivity index (χ0) is 11.4. The number of hydrogen-bond acceptors (Lipinski definition) is 2. The fourth-order valence-electron chi connectivity index (χ4n) is 1.87. The van der Waals surface area contributed by atoms with Crippen molar-refractivity contribution in [3.8, 4) is 0 Å². The Morgan fingerprint density at radius 2 is 2.47 bits per heavy atom. The third-order valence-electron chi connectivity index (χ3n) is 2.62. The molecule has 1 aliphatic rings. The van der Waals surface area contributed by atoms with Crippen molar-refractivity contribution in [1.29, 1.82) is 0 Å². The van der Waals surface area contributed by atoms with Crippen LogP contribution < -0.4 is 5.73 Å². The number of halogens is 1. The van der Waals surface area contributed by atoms with Gasteiger partial charge < -0.3 is 10.6 Å². The normalized spacial score (nSPS) is 23.7. The number of hydrogen-bond donors (Lipinski definition) is 1. The van der Waals surface area contributed by atoms with E-state index in [2.05, 4.69) is 0 Å². The number of carbonyl (C=O) groups is 2. The Labute approximate surface area is 87.9 Å². The lowest BCUT2D eigenvalue weighted by molar-refractivity contribution is -0.136. The maximum atomic E-state index is 11.9. The highest BCUT2D eigenvalue weighted by Crippen LogP contribution is 2.22. The van der Waals surface area contributed by atoms with Crippen molar-refractivity contribution in [2.24, 2.45) is 11.7 Å². The predicted molar refractivity (Wildman–Crippen MR) is 53.3 cm³/mol. The molecule has 1 fully saturated rings. The summed E-state index contributed by atoms with van der Waals surface area (Å²) in [5.41, 5.74) is 5.18. The van der Waals surface area contributed by atoms with Crippen molar-refractivity contribution in [3.05, 3.63) is 12.4 Å². The fraction of sp³-hybridized carbons (Fsp3) is 0.600. The van der Waals surface area contributed by atoms with Crippen LogP contribution in [0.15, 0.2) is 12.4 Å². The van der Waals surface area contributed by atoms with Crippen LogP contribution in [0.5, 0.6) is 0 Å². The summed E-state index contributed by atoms with van der Waals surface area (Å²) in [5.74, 6) is -0.782. The smallest absolute Gasteiger partial charge is 0.240 e. The summed E-state index contributed by atoms with van der Waals surface area (Å²) in [4.78, 5) is 24.0. The van der Waals surface area contributed by atoms with Gasteiger partial charge in [-0.05, 0) is 6.42 Å². The average Bonchev–Trinajstić information content (AvgIpc) is 2.49. The van der Waals surface area contributed by atoms with E-state index in [-0.39, 0.29) is 18.2 Å². The van der Waals surface area contributed by atoms with Crippen molar-refractivity contribution in [2.75, 3.05) is 6.54 Å². The Morgan fingerprint density at radius 1 is 1.80 bits per heavy atom. The highest BCUT2D eigenvalue weighted by atomic mass is 19.1. The molecule has 1 rings (SSSR count). The van der Waals surface area contributed by atoms with E-state index in [4.69, 9.17) is 5.73 Å². The second-order valence-corrected chi connectivity index (χ2v) is 3.66. The number of primary amides is 1. The third-order valence-corrected chi connectivity index (χ3v) is 2.62. The Hall–Kier alpha value is -1.39. The molecular weight excluding hydrogens is 199 g/mol. The van der Waals surface area contributed by atoms with Gasteiger partial charge in [-0.25, -0.2) is 4.39 Å². The Kier molecular flexibility index (Phi) is 3.82. The van der Waals surface area contributed by atoms with Crippen LogP contribution in [0.25, 0.3) is 0 Å². The van der Waals surface area contributed by atoms with Gasteiger partial charge in [-0.1, -0.05) is 13.0 Å². The van der Waals surface area contributed by atoms with Gasteiger partial charge in [0.15, 0.2) is 0 Å². The lowest BCUT2D eigenvalue weighted by Gasteiger charge is -2.23. The van der Waals surface area contributed by atoms with Gasteiger partial charge in [0, 0.05) is 18.9 Å². The second-order valence-electron chi connectivity index (χ2n) is 3.66. The topological polar surface area (TPSA) is 63.4 Å². The maximum absolute atomic E-state index is 11.9. The van der Waals surface area contributed by atoms with Crippen molar-refractivity contribution in [3.63, 3.8) is 0 Å². The Balaban J connectivity index is 2.71. The van der Waals surface area contributed by atoms with Gasteiger partial charge in [0.2, 0.25) is 11.8 Å². The van der Waals surface area contributed by atoms with Crippen molar-refractivity contribution in [2.45, 2.75) is 25.8 Å². The zero-order valence-electron chi connectivity index (χ0n) is 8.65. The van der Waals surface area contributed by atoms with E-state index in [9.17, 15) is 14.0 Å². The molecule has 0 bridgehead atoms. The van der Waals surface area contributed by atoms with Crippen LogP contribution in [0.3, 0.4) is 0 Å². The van der Waals surface area contributed by atoms with Crippen LogP contribution in [-0.4, -0.2) is 29.3 Å². The van der Waals surface area contributed by atoms with Crippen LogP contribution in [0.1, 0.15) is 19.8 Å². The van der Waals surface area contributed by atoms with E-state index < -0.39 is 11.9 Å². The van der Waals surface area contributed by atoms with Crippen molar-refractivity contribution in [1.82, 2.24) is 4.90 Å². The summed E-state index contributed by atoms with van der Waals surface area (Å²) >= 11 is 0. The number of nitrogens with two attached hydrogens (primary N) is 1. The molecule has 2 atom stereocenters. The van der Waals surface area contributed by atoms with Gasteiger partial charge in [0.25, 0.3) is 0 Å². The zero-order valence-corrected chi connectivity index (χ0v) is 8.65. The van der Waals surface area contributed by atoms with E-state index in [0.29, 0.717) is 19.3 Å². The molecular formula is C10H15FN2O2. The highest BCUT2D eigenvalue weighted by molar-refractivity contribution is 5.87. The van der Waals surface area contributed by atoms with Gasteiger partial charge in [-0.2, -0.15) is 0 Å². The SMILES string of the molecule is CCC(C(N)=O)N1CC(/C=C\F)CC1=O. The minimum atomic E-state index is -0.560. The van der Waals surface area contributed by atoms with E-state index in [1.54, 1.807) is 6.92 Å². The number of rotatable bonds is 4. The summed E-state index contributed by atoms with van der Waals surface area (Å²) in [7, 11) is 0. The van der Waals surface area contributed by atoms with Gasteiger partial charge in [0.05, 0.1) is 6.33 Å². The first-order valence-corrected chi connectivity index (χ1v) is 4.95. The first-order valence-electron chi connectivity index (χ1n) is 4.95. The average molecular weight is 214 g/mol. The van der Waals surface area contributed by atoms with E-state index in [0.717, 1.165) is 0 Å². The Morgan fingerprint density at radius 3 is 2.93 bits per heavy atom. The number of likely N-dealkylation sites (tertiary alicyclic amines) is 1. The summed E-state index contributed by atoms with van der Waals surface area (Å²) < 4.78 is 11.9. The van der Waals surface area contributed by atoms with Gasteiger partial charge in [-0.3, -0.25) is 9.59 Å². The molecule has 0 saturated carbocycles. The van der Waals surface area contributed by atoms with E-state index in [1.807, 2.05) is 0 Å². The molecule has 0 aromatic carbocycles. The summed E-state index contributed by atoms with van der Waals surface area (Å²) in [6, 6.07) is -0.560. The summed E-state index contributed by atoms with van der Waals surface area (Å²) in [6.45, 7) is 2.17. The van der Waals surface area contributed by atoms with Crippen LogP contribution in [0.2, 0.25) is 0 Å². The van der Waals surface area contributed by atoms with E-state index >= 15 is 0 Å². The first-order chi connectivity index (χ1) is 7.10. The molecule has 5 heteroatoms. The lowest BCUT2D eigenvalue weighted by atomic mass is 10.1. The molecule has 0 spiro atoms. The molecule has 0 aromatic rings. The molecule has 0 radical (unpaired) electrons. The van der Waals surface area contributed by atoms with E-state index in [1.165, 1.54) is 11.0 Å². The predicted octanol–water partition coefficient (Wildman–Crippen LogP) is 0.582. The lowest BCUT2D eigenvalue weighted by Crippen LogP contribution is -2.45. The number of nitrogens with zero attached hydrogens (tertiary/aromatic N) is 1. The molecule has 0 aromatic heterocycles. The summed E-state index contributed by atoms with van der Waals surface area (Å²) in [5, 5.41) is 0. The summed E-state index contributed by atoms with van der Waals surface area (Å²) in [6.07, 6.45) is 2.52. The molecule has 0 aliphatic carbocycles. The van der Waals surface area contributed by atoms with Crippen molar-refractivity contribution < 1.29 is 14.0 Å². The molecule has 1 aliphatic heterocycles. The van der Waals surface area contributed by atoms with Crippen LogP contribution in [0.4, 0.5) is 4.39 Å². The van der Waals surface area contributed by atoms with Crippen LogP contribution in [-0.2, 0) is 9.59 Å². The Bertz CT molecular complexity index is 291. The fourth-order valence-corrected chi connectivity index (χ4v) is 1.87. The largest absolute Gasteiger partial charge is 0.368 e. The van der Waals surface area contributed by atoms with Gasteiger partial charge in [0.1, 0.15) is 6.04 Å². The number of carbonyl (C=O) groups excluding carboxylic acids is 2. The van der Waals surface area contributed by atoms with Crippen molar-refractivity contribution >= 4 is 11.8 Å². The molecule has 2 N–H and O–H groups in total. The third kappa shape index (κ3) is 2.55. The monoisotopic (exact) mass is 214 g/mol. The molecule has 1 saturated heterocycles. The minimum Gasteiger partial charge on any atom is -0.368 e.